The minimum absolute atomic E-state index is 0.0726. The highest BCUT2D eigenvalue weighted by Gasteiger charge is 2.18. The van der Waals surface area contributed by atoms with Gasteiger partial charge in [-0.25, -0.2) is 4.79 Å². The summed E-state index contributed by atoms with van der Waals surface area (Å²) in [5.74, 6) is -2.00. The van der Waals surface area contributed by atoms with Crippen LogP contribution in [0.4, 0.5) is 8.78 Å². The molecule has 1 aromatic carbocycles. The number of aliphatic carboxylic acids is 1. The first-order valence-electron chi connectivity index (χ1n) is 5.52. The van der Waals surface area contributed by atoms with E-state index in [1.165, 1.54) is 25.3 Å². The largest absolute Gasteiger partial charge is 0.479 e. The Morgan fingerprint density at radius 3 is 2.65 bits per heavy atom. The Bertz CT molecular complexity index is 481. The first kappa shape index (κ1) is 15.8. The van der Waals surface area contributed by atoms with Crippen LogP contribution in [0.2, 0.25) is 0 Å². The zero-order valence-corrected chi connectivity index (χ0v) is 10.5. The molecule has 110 valence electrons. The zero-order chi connectivity index (χ0) is 15.1. The Morgan fingerprint density at radius 1 is 1.40 bits per heavy atom. The Balaban J connectivity index is 2.65. The first-order chi connectivity index (χ1) is 9.43. The number of carboxylic acids is 1. The molecule has 8 heteroatoms. The van der Waals surface area contributed by atoms with Crippen molar-refractivity contribution in [3.05, 3.63) is 29.8 Å². The summed E-state index contributed by atoms with van der Waals surface area (Å²) in [6, 6.07) is 5.16. The molecule has 0 fully saturated rings. The van der Waals surface area contributed by atoms with Crippen molar-refractivity contribution in [2.75, 3.05) is 13.7 Å². The molecule has 1 atom stereocenters. The molecule has 1 unspecified atom stereocenters. The SMILES string of the molecule is COC(CNC(=O)c1cccc(OC(F)F)c1)C(=O)O. The van der Waals surface area contributed by atoms with Crippen LogP contribution >= 0.6 is 0 Å². The van der Waals surface area contributed by atoms with E-state index >= 15 is 0 Å². The van der Waals surface area contributed by atoms with E-state index in [0.717, 1.165) is 6.07 Å². The number of carboxylic acid groups (broad SMARTS) is 1. The Morgan fingerprint density at radius 2 is 2.10 bits per heavy atom. The van der Waals surface area contributed by atoms with E-state index in [0.29, 0.717) is 0 Å². The fourth-order valence-corrected chi connectivity index (χ4v) is 1.37. The predicted octanol–water partition coefficient (Wildman–Crippen LogP) is 1.12. The van der Waals surface area contributed by atoms with E-state index < -0.39 is 24.6 Å². The smallest absolute Gasteiger partial charge is 0.387 e. The molecule has 6 nitrogen and oxygen atoms in total. The molecule has 0 aromatic heterocycles. The molecule has 1 amide bonds. The van der Waals surface area contributed by atoms with E-state index in [9.17, 15) is 18.4 Å². The fraction of sp³-hybridized carbons (Fsp3) is 0.333. The molecule has 0 spiro atoms. The van der Waals surface area contributed by atoms with Gasteiger partial charge in [0.2, 0.25) is 0 Å². The number of ether oxygens (including phenoxy) is 2. The number of hydrogen-bond acceptors (Lipinski definition) is 4. The highest BCUT2D eigenvalue weighted by atomic mass is 19.3. The predicted molar refractivity (Wildman–Crippen MR) is 63.8 cm³/mol. The van der Waals surface area contributed by atoms with Gasteiger partial charge in [-0.1, -0.05) is 6.07 Å². The van der Waals surface area contributed by atoms with Gasteiger partial charge in [0.1, 0.15) is 5.75 Å². The summed E-state index contributed by atoms with van der Waals surface area (Å²) in [6.07, 6.45) is -1.18. The van der Waals surface area contributed by atoms with Crippen molar-refractivity contribution in [1.82, 2.24) is 5.32 Å². The van der Waals surface area contributed by atoms with Gasteiger partial charge in [-0.15, -0.1) is 0 Å². The first-order valence-corrected chi connectivity index (χ1v) is 5.52. The molecule has 1 aromatic rings. The molecule has 1 rings (SSSR count). The van der Waals surface area contributed by atoms with Crippen LogP contribution in [0.1, 0.15) is 10.4 Å². The van der Waals surface area contributed by atoms with Gasteiger partial charge >= 0.3 is 12.6 Å². The average molecular weight is 289 g/mol. The van der Waals surface area contributed by atoms with E-state index in [1.54, 1.807) is 0 Å². The number of nitrogens with one attached hydrogen (secondary N) is 1. The van der Waals surface area contributed by atoms with Crippen LogP contribution in [0.3, 0.4) is 0 Å². The van der Waals surface area contributed by atoms with E-state index in [2.05, 4.69) is 14.8 Å². The molecule has 0 radical (unpaired) electrons. The summed E-state index contributed by atoms with van der Waals surface area (Å²) in [4.78, 5) is 22.4. The van der Waals surface area contributed by atoms with Crippen molar-refractivity contribution >= 4 is 11.9 Å². The maximum atomic E-state index is 12.0. The molecule has 0 aliphatic heterocycles. The van der Waals surface area contributed by atoms with Crippen molar-refractivity contribution in [1.29, 1.82) is 0 Å². The zero-order valence-electron chi connectivity index (χ0n) is 10.5. The van der Waals surface area contributed by atoms with Gasteiger partial charge < -0.3 is 19.9 Å². The van der Waals surface area contributed by atoms with Crippen molar-refractivity contribution in [3.63, 3.8) is 0 Å². The van der Waals surface area contributed by atoms with Crippen LogP contribution in [-0.4, -0.2) is 43.4 Å². The van der Waals surface area contributed by atoms with Gasteiger partial charge in [0, 0.05) is 12.7 Å². The Labute approximate surface area is 113 Å². The van der Waals surface area contributed by atoms with Gasteiger partial charge in [-0.2, -0.15) is 8.78 Å². The molecular formula is C12H13F2NO5. The molecule has 0 heterocycles. The monoisotopic (exact) mass is 289 g/mol. The second-order valence-corrected chi connectivity index (χ2v) is 3.68. The number of methoxy groups -OCH3 is 1. The lowest BCUT2D eigenvalue weighted by Gasteiger charge is -2.12. The minimum Gasteiger partial charge on any atom is -0.479 e. The summed E-state index contributed by atoms with van der Waals surface area (Å²) in [5, 5.41) is 11.0. The number of rotatable bonds is 7. The van der Waals surface area contributed by atoms with Gasteiger partial charge in [-0.05, 0) is 18.2 Å². The van der Waals surface area contributed by atoms with Gasteiger partial charge in [-0.3, -0.25) is 4.79 Å². The number of benzene rings is 1. The summed E-state index contributed by atoms with van der Waals surface area (Å²) in [6.45, 7) is -3.23. The molecule has 0 aliphatic carbocycles. The van der Waals surface area contributed by atoms with Crippen LogP contribution < -0.4 is 10.1 Å². The quantitative estimate of drug-likeness (QED) is 0.785. The molecule has 20 heavy (non-hydrogen) atoms. The average Bonchev–Trinajstić information content (AvgIpc) is 2.38. The van der Waals surface area contributed by atoms with E-state index in [-0.39, 0.29) is 17.9 Å². The van der Waals surface area contributed by atoms with Crippen molar-refractivity contribution in [2.24, 2.45) is 0 Å². The number of hydrogen-bond donors (Lipinski definition) is 2. The van der Waals surface area contributed by atoms with Crippen LogP contribution in [0, 0.1) is 0 Å². The van der Waals surface area contributed by atoms with Crippen LogP contribution in [0.15, 0.2) is 24.3 Å². The second kappa shape index (κ2) is 7.39. The third kappa shape index (κ3) is 4.81. The normalized spacial score (nSPS) is 12.0. The third-order valence-corrected chi connectivity index (χ3v) is 2.33. The summed E-state index contributed by atoms with van der Waals surface area (Å²) in [5.41, 5.74) is 0.0726. The topological polar surface area (TPSA) is 84.9 Å². The van der Waals surface area contributed by atoms with E-state index in [4.69, 9.17) is 5.11 Å². The van der Waals surface area contributed by atoms with Crippen LogP contribution in [0.5, 0.6) is 5.75 Å². The van der Waals surface area contributed by atoms with Gasteiger partial charge in [0.15, 0.2) is 6.10 Å². The number of halogens is 2. The van der Waals surface area contributed by atoms with Gasteiger partial charge in [0.05, 0.1) is 6.54 Å². The van der Waals surface area contributed by atoms with Crippen molar-refractivity contribution in [2.45, 2.75) is 12.7 Å². The van der Waals surface area contributed by atoms with Crippen molar-refractivity contribution in [3.8, 4) is 5.75 Å². The van der Waals surface area contributed by atoms with E-state index in [1.807, 2.05) is 0 Å². The summed E-state index contributed by atoms with van der Waals surface area (Å²) in [7, 11) is 1.20. The van der Waals surface area contributed by atoms with Crippen LogP contribution in [-0.2, 0) is 9.53 Å². The van der Waals surface area contributed by atoms with Crippen LogP contribution in [0.25, 0.3) is 0 Å². The molecular weight excluding hydrogens is 276 g/mol. The number of alkyl halides is 2. The summed E-state index contributed by atoms with van der Waals surface area (Å²) >= 11 is 0. The summed E-state index contributed by atoms with van der Waals surface area (Å²) < 4.78 is 32.9. The Hall–Kier alpha value is -2.22. The number of amides is 1. The highest BCUT2D eigenvalue weighted by Crippen LogP contribution is 2.15. The molecule has 0 saturated heterocycles. The lowest BCUT2D eigenvalue weighted by atomic mass is 10.2. The fourth-order valence-electron chi connectivity index (χ4n) is 1.37. The standard InChI is InChI=1S/C12H13F2NO5/c1-19-9(11(17)18)6-15-10(16)7-3-2-4-8(5-7)20-12(13)14/h2-5,9,12H,6H2,1H3,(H,15,16)(H,17,18). The molecule has 0 bridgehead atoms. The van der Waals surface area contributed by atoms with Crippen molar-refractivity contribution < 1.29 is 33.0 Å². The third-order valence-electron chi connectivity index (χ3n) is 2.33. The maximum Gasteiger partial charge on any atom is 0.387 e. The lowest BCUT2D eigenvalue weighted by molar-refractivity contribution is -0.148. The highest BCUT2D eigenvalue weighted by molar-refractivity contribution is 5.94. The lowest BCUT2D eigenvalue weighted by Crippen LogP contribution is -2.37. The number of carbonyl (C=O) groups excluding carboxylic acids is 1. The number of carbonyl (C=O) groups is 2. The minimum atomic E-state index is -2.99. The Kier molecular flexibility index (Phi) is 5.85. The molecule has 0 aliphatic rings. The maximum absolute atomic E-state index is 12.0. The second-order valence-electron chi connectivity index (χ2n) is 3.68. The molecule has 0 saturated carbocycles. The molecule has 2 N–H and O–H groups in total. The van der Waals surface area contributed by atoms with Gasteiger partial charge in [0.25, 0.3) is 5.91 Å².